The van der Waals surface area contributed by atoms with Gasteiger partial charge in [-0.25, -0.2) is 9.67 Å². The second kappa shape index (κ2) is 5.95. The van der Waals surface area contributed by atoms with Crippen molar-refractivity contribution in [2.24, 2.45) is 11.7 Å². The average Bonchev–Trinajstić information content (AvgIpc) is 3.05. The topological polar surface area (TPSA) is 56.7 Å². The van der Waals surface area contributed by atoms with Gasteiger partial charge >= 0.3 is 0 Å². The van der Waals surface area contributed by atoms with Crippen molar-refractivity contribution in [1.29, 1.82) is 0 Å². The summed E-state index contributed by atoms with van der Waals surface area (Å²) in [6.07, 6.45) is 2.34. The van der Waals surface area contributed by atoms with Crippen LogP contribution in [0.5, 0.6) is 0 Å². The first-order valence-corrected chi connectivity index (χ1v) is 8.11. The van der Waals surface area contributed by atoms with E-state index in [0.717, 1.165) is 12.4 Å². The van der Waals surface area contributed by atoms with Crippen molar-refractivity contribution in [2.75, 3.05) is 0 Å². The van der Waals surface area contributed by atoms with Crippen LogP contribution in [0.25, 0.3) is 10.1 Å². The van der Waals surface area contributed by atoms with Crippen molar-refractivity contribution in [3.63, 3.8) is 0 Å². The first kappa shape index (κ1) is 14.2. The summed E-state index contributed by atoms with van der Waals surface area (Å²) in [5, 5.41) is 7.73. The predicted molar refractivity (Wildman–Crippen MR) is 87.3 cm³/mol. The summed E-state index contributed by atoms with van der Waals surface area (Å²) in [6, 6.07) is 8.35. The van der Waals surface area contributed by atoms with E-state index in [-0.39, 0.29) is 6.04 Å². The van der Waals surface area contributed by atoms with Crippen molar-refractivity contribution in [1.82, 2.24) is 14.8 Å². The molecule has 1 atom stereocenters. The molecule has 1 unspecified atom stereocenters. The molecule has 5 heteroatoms. The van der Waals surface area contributed by atoms with Gasteiger partial charge in [-0.1, -0.05) is 32.0 Å². The molecule has 0 saturated carbocycles. The number of nitrogens with zero attached hydrogens (tertiary/aromatic N) is 3. The minimum atomic E-state index is -0.0451. The van der Waals surface area contributed by atoms with Gasteiger partial charge in [0.25, 0.3) is 0 Å². The molecule has 0 amide bonds. The Morgan fingerprint density at radius 1 is 1.29 bits per heavy atom. The van der Waals surface area contributed by atoms with Crippen LogP contribution in [0.2, 0.25) is 0 Å². The van der Waals surface area contributed by atoms with E-state index in [1.165, 1.54) is 15.6 Å². The molecule has 0 aliphatic rings. The Bertz CT molecular complexity index is 729. The molecule has 110 valence electrons. The lowest BCUT2D eigenvalue weighted by Gasteiger charge is -2.13. The molecular formula is C16H20N4S. The van der Waals surface area contributed by atoms with Crippen molar-refractivity contribution < 1.29 is 0 Å². The van der Waals surface area contributed by atoms with Gasteiger partial charge in [-0.15, -0.1) is 11.3 Å². The molecule has 2 aromatic heterocycles. The van der Waals surface area contributed by atoms with E-state index in [9.17, 15) is 0 Å². The molecule has 0 aliphatic carbocycles. The average molecular weight is 300 g/mol. The van der Waals surface area contributed by atoms with Gasteiger partial charge in [0.2, 0.25) is 0 Å². The summed E-state index contributed by atoms with van der Waals surface area (Å²) in [6.45, 7) is 5.24. The summed E-state index contributed by atoms with van der Waals surface area (Å²) < 4.78 is 3.26. The van der Waals surface area contributed by atoms with Gasteiger partial charge in [-0.05, 0) is 28.3 Å². The second-order valence-corrected chi connectivity index (χ2v) is 6.66. The van der Waals surface area contributed by atoms with Gasteiger partial charge < -0.3 is 5.73 Å². The Labute approximate surface area is 128 Å². The quantitative estimate of drug-likeness (QED) is 0.785. The summed E-state index contributed by atoms with van der Waals surface area (Å²) in [4.78, 5) is 4.37. The van der Waals surface area contributed by atoms with Crippen molar-refractivity contribution in [3.8, 4) is 0 Å². The Balaban J connectivity index is 1.83. The van der Waals surface area contributed by atoms with E-state index < -0.39 is 0 Å². The molecule has 0 aliphatic heterocycles. The van der Waals surface area contributed by atoms with E-state index in [1.807, 2.05) is 4.68 Å². The fourth-order valence-corrected chi connectivity index (χ4v) is 3.56. The van der Waals surface area contributed by atoms with E-state index in [0.29, 0.717) is 12.3 Å². The lowest BCUT2D eigenvalue weighted by Crippen LogP contribution is -2.18. The normalized spacial score (nSPS) is 13.1. The van der Waals surface area contributed by atoms with Crippen molar-refractivity contribution >= 4 is 21.4 Å². The Kier molecular flexibility index (Phi) is 4.03. The van der Waals surface area contributed by atoms with Crippen molar-refractivity contribution in [2.45, 2.75) is 32.9 Å². The number of rotatable bonds is 5. The zero-order chi connectivity index (χ0) is 14.8. The van der Waals surface area contributed by atoms with Gasteiger partial charge in [0.1, 0.15) is 12.2 Å². The highest BCUT2D eigenvalue weighted by Gasteiger charge is 2.16. The highest BCUT2D eigenvalue weighted by molar-refractivity contribution is 7.17. The number of nitrogens with two attached hydrogens (primary N) is 1. The molecule has 21 heavy (non-hydrogen) atoms. The van der Waals surface area contributed by atoms with Gasteiger partial charge in [-0.3, -0.25) is 0 Å². The molecule has 0 radical (unpaired) electrons. The lowest BCUT2D eigenvalue weighted by atomic mass is 10.0. The summed E-state index contributed by atoms with van der Waals surface area (Å²) in [7, 11) is 0. The number of hydrogen-bond donors (Lipinski definition) is 1. The van der Waals surface area contributed by atoms with Crippen LogP contribution in [-0.2, 0) is 13.0 Å². The van der Waals surface area contributed by atoms with E-state index in [1.54, 1.807) is 17.7 Å². The highest BCUT2D eigenvalue weighted by atomic mass is 32.1. The minimum Gasteiger partial charge on any atom is -0.324 e. The van der Waals surface area contributed by atoms with E-state index >= 15 is 0 Å². The van der Waals surface area contributed by atoms with E-state index in [4.69, 9.17) is 5.73 Å². The standard InChI is InChI=1S/C16H20N4S/c1-11(2)8-20-16(18-10-19-20)7-14(17)13-9-21-15-6-4-3-5-12(13)15/h3-6,9-11,14H,7-8,17H2,1-2H3. The molecule has 0 spiro atoms. The number of benzene rings is 1. The van der Waals surface area contributed by atoms with Crippen LogP contribution in [0, 0.1) is 5.92 Å². The Hall–Kier alpha value is -1.72. The summed E-state index contributed by atoms with van der Waals surface area (Å²) in [5.41, 5.74) is 7.63. The monoisotopic (exact) mass is 300 g/mol. The van der Waals surface area contributed by atoms with Crippen molar-refractivity contribution in [3.05, 3.63) is 47.4 Å². The minimum absolute atomic E-state index is 0.0451. The Morgan fingerprint density at radius 3 is 2.90 bits per heavy atom. The smallest absolute Gasteiger partial charge is 0.138 e. The van der Waals surface area contributed by atoms with Crippen LogP contribution in [0.15, 0.2) is 36.0 Å². The van der Waals surface area contributed by atoms with Gasteiger partial charge in [0, 0.05) is 23.7 Å². The molecule has 0 fully saturated rings. The zero-order valence-corrected chi connectivity index (χ0v) is 13.2. The predicted octanol–water partition coefficient (Wildman–Crippen LogP) is 3.39. The molecule has 3 rings (SSSR count). The van der Waals surface area contributed by atoms with Crippen LogP contribution in [0.4, 0.5) is 0 Å². The maximum Gasteiger partial charge on any atom is 0.138 e. The van der Waals surface area contributed by atoms with Gasteiger partial charge in [0.05, 0.1) is 0 Å². The highest BCUT2D eigenvalue weighted by Crippen LogP contribution is 2.30. The third kappa shape index (κ3) is 2.99. The third-order valence-corrected chi connectivity index (χ3v) is 4.53. The van der Waals surface area contributed by atoms with E-state index in [2.05, 4.69) is 53.6 Å². The maximum atomic E-state index is 6.42. The molecule has 4 nitrogen and oxygen atoms in total. The third-order valence-electron chi connectivity index (χ3n) is 3.55. The lowest BCUT2D eigenvalue weighted by molar-refractivity contribution is 0.459. The first-order chi connectivity index (χ1) is 10.1. The number of thiophene rings is 1. The molecular weight excluding hydrogens is 280 g/mol. The molecule has 3 aromatic rings. The Morgan fingerprint density at radius 2 is 2.10 bits per heavy atom. The summed E-state index contributed by atoms with van der Waals surface area (Å²) in [5.74, 6) is 1.51. The fraction of sp³-hybridized carbons (Fsp3) is 0.375. The zero-order valence-electron chi connectivity index (χ0n) is 12.4. The van der Waals surface area contributed by atoms with Crippen LogP contribution >= 0.6 is 11.3 Å². The summed E-state index contributed by atoms with van der Waals surface area (Å²) >= 11 is 1.75. The fourth-order valence-electron chi connectivity index (χ4n) is 2.54. The molecule has 0 bridgehead atoms. The van der Waals surface area contributed by atoms with Gasteiger partial charge in [-0.2, -0.15) is 5.10 Å². The first-order valence-electron chi connectivity index (χ1n) is 7.23. The maximum absolute atomic E-state index is 6.42. The van der Waals surface area contributed by atoms with Crippen LogP contribution in [0.3, 0.4) is 0 Å². The number of hydrogen-bond acceptors (Lipinski definition) is 4. The SMILES string of the molecule is CC(C)Cn1ncnc1CC(N)c1csc2ccccc12. The number of aromatic nitrogens is 3. The van der Waals surface area contributed by atoms with Gasteiger partial charge in [0.15, 0.2) is 0 Å². The molecule has 1 aromatic carbocycles. The molecule has 0 saturated heterocycles. The second-order valence-electron chi connectivity index (χ2n) is 5.75. The number of fused-ring (bicyclic) bond motifs is 1. The van der Waals surface area contributed by atoms with Crippen LogP contribution in [0.1, 0.15) is 31.3 Å². The molecule has 2 N–H and O–H groups in total. The molecule has 2 heterocycles. The van der Waals surface area contributed by atoms with Crippen LogP contribution < -0.4 is 5.73 Å². The largest absolute Gasteiger partial charge is 0.324 e. The van der Waals surface area contributed by atoms with Crippen LogP contribution in [-0.4, -0.2) is 14.8 Å².